The van der Waals surface area contributed by atoms with Crippen LogP contribution in [0.1, 0.15) is 19.4 Å². The molecule has 2 rings (SSSR count). The van der Waals surface area contributed by atoms with Crippen LogP contribution >= 0.6 is 0 Å². The Morgan fingerprint density at radius 2 is 2.20 bits per heavy atom. The summed E-state index contributed by atoms with van der Waals surface area (Å²) in [7, 11) is 0. The molecule has 0 spiro atoms. The van der Waals surface area contributed by atoms with E-state index in [1.165, 1.54) is 0 Å². The van der Waals surface area contributed by atoms with Gasteiger partial charge in [-0.1, -0.05) is 6.08 Å². The second-order valence-electron chi connectivity index (χ2n) is 4.74. The van der Waals surface area contributed by atoms with Crippen LogP contribution in [0.25, 0.3) is 11.0 Å². The molecule has 0 fully saturated rings. The molecular formula is C15H15N5. The number of aromatic nitrogens is 2. The largest absolute Gasteiger partial charge is 0.382 e. The highest BCUT2D eigenvalue weighted by Crippen LogP contribution is 2.26. The zero-order valence-electron chi connectivity index (χ0n) is 11.4. The van der Waals surface area contributed by atoms with Gasteiger partial charge in [-0.2, -0.15) is 10.5 Å². The SMILES string of the molecule is CC(C)Nc1ccnc2[nH]cc(CC=C(C#N)C#N)c12. The lowest BCUT2D eigenvalue weighted by atomic mass is 10.1. The van der Waals surface area contributed by atoms with Crippen molar-refractivity contribution in [1.29, 1.82) is 10.5 Å². The summed E-state index contributed by atoms with van der Waals surface area (Å²) in [6.45, 7) is 4.14. The fourth-order valence-electron chi connectivity index (χ4n) is 2.04. The first-order valence-corrected chi connectivity index (χ1v) is 6.37. The van der Waals surface area contributed by atoms with E-state index in [0.29, 0.717) is 12.5 Å². The Morgan fingerprint density at radius 3 is 2.85 bits per heavy atom. The van der Waals surface area contributed by atoms with Crippen molar-refractivity contribution >= 4 is 16.7 Å². The number of H-pyrrole nitrogens is 1. The summed E-state index contributed by atoms with van der Waals surface area (Å²) in [5.41, 5.74) is 2.94. The van der Waals surface area contributed by atoms with Crippen molar-refractivity contribution < 1.29 is 0 Å². The van der Waals surface area contributed by atoms with Gasteiger partial charge in [-0.25, -0.2) is 4.98 Å². The number of nitrogens with one attached hydrogen (secondary N) is 2. The zero-order chi connectivity index (χ0) is 14.5. The predicted octanol–water partition coefficient (Wildman–Crippen LogP) is 2.90. The molecule has 0 saturated heterocycles. The van der Waals surface area contributed by atoms with Crippen LogP contribution in [0.5, 0.6) is 0 Å². The number of allylic oxidation sites excluding steroid dienone is 2. The fourth-order valence-corrected chi connectivity index (χ4v) is 2.04. The Bertz CT molecular complexity index is 709. The lowest BCUT2D eigenvalue weighted by Gasteiger charge is -2.11. The molecule has 100 valence electrons. The van der Waals surface area contributed by atoms with Gasteiger partial charge in [-0.3, -0.25) is 0 Å². The zero-order valence-corrected chi connectivity index (χ0v) is 11.4. The molecule has 0 radical (unpaired) electrons. The van der Waals surface area contributed by atoms with E-state index in [1.807, 2.05) is 24.4 Å². The number of aromatic amines is 1. The number of pyridine rings is 1. The fraction of sp³-hybridized carbons (Fsp3) is 0.267. The Morgan fingerprint density at radius 1 is 1.45 bits per heavy atom. The molecule has 0 atom stereocenters. The minimum atomic E-state index is 0.126. The molecule has 5 nitrogen and oxygen atoms in total. The number of fused-ring (bicyclic) bond motifs is 1. The second kappa shape index (κ2) is 5.90. The summed E-state index contributed by atoms with van der Waals surface area (Å²) in [4.78, 5) is 7.41. The minimum absolute atomic E-state index is 0.126. The lowest BCUT2D eigenvalue weighted by molar-refractivity contribution is 0.901. The maximum Gasteiger partial charge on any atom is 0.139 e. The number of nitriles is 2. The highest BCUT2D eigenvalue weighted by atomic mass is 14.9. The molecule has 0 aliphatic heterocycles. The number of hydrogen-bond donors (Lipinski definition) is 2. The lowest BCUT2D eigenvalue weighted by Crippen LogP contribution is -2.10. The molecule has 2 aromatic heterocycles. The van der Waals surface area contributed by atoms with Gasteiger partial charge >= 0.3 is 0 Å². The van der Waals surface area contributed by atoms with Crippen molar-refractivity contribution in [2.45, 2.75) is 26.3 Å². The molecule has 0 unspecified atom stereocenters. The van der Waals surface area contributed by atoms with Gasteiger partial charge in [0.05, 0.1) is 0 Å². The molecule has 0 amide bonds. The van der Waals surface area contributed by atoms with Gasteiger partial charge in [0.15, 0.2) is 0 Å². The first kappa shape index (κ1) is 13.6. The van der Waals surface area contributed by atoms with E-state index >= 15 is 0 Å². The van der Waals surface area contributed by atoms with Gasteiger partial charge in [0.2, 0.25) is 0 Å². The van der Waals surface area contributed by atoms with Gasteiger partial charge in [-0.15, -0.1) is 0 Å². The van der Waals surface area contributed by atoms with Crippen LogP contribution in [0.2, 0.25) is 0 Å². The van der Waals surface area contributed by atoms with Crippen molar-refractivity contribution in [2.24, 2.45) is 0 Å². The van der Waals surface area contributed by atoms with Crippen molar-refractivity contribution in [1.82, 2.24) is 9.97 Å². The maximum absolute atomic E-state index is 8.77. The molecule has 0 aliphatic rings. The average molecular weight is 265 g/mol. The van der Waals surface area contributed by atoms with Crippen LogP contribution in [0.3, 0.4) is 0 Å². The van der Waals surface area contributed by atoms with E-state index < -0.39 is 0 Å². The first-order chi connectivity index (χ1) is 9.65. The van der Waals surface area contributed by atoms with Crippen LogP contribution < -0.4 is 5.32 Å². The molecule has 0 aromatic carbocycles. The van der Waals surface area contributed by atoms with E-state index in [9.17, 15) is 0 Å². The van der Waals surface area contributed by atoms with E-state index in [1.54, 1.807) is 12.3 Å². The van der Waals surface area contributed by atoms with Gasteiger partial charge in [-0.05, 0) is 31.9 Å². The number of anilines is 1. The molecule has 20 heavy (non-hydrogen) atoms. The Kier molecular flexibility index (Phi) is 4.02. The minimum Gasteiger partial charge on any atom is -0.382 e. The van der Waals surface area contributed by atoms with E-state index in [-0.39, 0.29) is 5.57 Å². The molecule has 0 aliphatic carbocycles. The third-order valence-electron chi connectivity index (χ3n) is 2.87. The first-order valence-electron chi connectivity index (χ1n) is 6.37. The van der Waals surface area contributed by atoms with Crippen molar-refractivity contribution in [2.75, 3.05) is 5.32 Å². The highest BCUT2D eigenvalue weighted by Gasteiger charge is 2.09. The summed E-state index contributed by atoms with van der Waals surface area (Å²) >= 11 is 0. The van der Waals surface area contributed by atoms with Crippen molar-refractivity contribution in [3.8, 4) is 12.1 Å². The molecule has 2 N–H and O–H groups in total. The quantitative estimate of drug-likeness (QED) is 0.832. The number of rotatable bonds is 4. The van der Waals surface area contributed by atoms with Crippen molar-refractivity contribution in [3.63, 3.8) is 0 Å². The highest BCUT2D eigenvalue weighted by molar-refractivity contribution is 5.92. The van der Waals surface area contributed by atoms with Crippen LogP contribution in [-0.4, -0.2) is 16.0 Å². The Balaban J connectivity index is 2.43. The Hall–Kier alpha value is -2.79. The second-order valence-corrected chi connectivity index (χ2v) is 4.74. The summed E-state index contributed by atoms with van der Waals surface area (Å²) in [5.74, 6) is 0. The topological polar surface area (TPSA) is 88.3 Å². The molecule has 0 saturated carbocycles. The summed E-state index contributed by atoms with van der Waals surface area (Å²) in [6, 6.07) is 5.98. The van der Waals surface area contributed by atoms with E-state index in [0.717, 1.165) is 22.3 Å². The molecule has 0 bridgehead atoms. The third-order valence-corrected chi connectivity index (χ3v) is 2.87. The third kappa shape index (κ3) is 2.78. The summed E-state index contributed by atoms with van der Waals surface area (Å²) in [6.07, 6.45) is 5.77. The molecule has 2 aromatic rings. The van der Waals surface area contributed by atoms with Gasteiger partial charge in [0, 0.05) is 29.5 Å². The smallest absolute Gasteiger partial charge is 0.139 e. The monoisotopic (exact) mass is 265 g/mol. The van der Waals surface area contributed by atoms with Gasteiger partial charge in [0.25, 0.3) is 0 Å². The van der Waals surface area contributed by atoms with Crippen molar-refractivity contribution in [3.05, 3.63) is 35.7 Å². The standard InChI is InChI=1S/C15H15N5/c1-10(2)20-13-5-6-18-15-14(13)12(9-19-15)4-3-11(7-16)8-17/h3,5-6,9-10H,4H2,1-2H3,(H2,18,19,20). The van der Waals surface area contributed by atoms with Gasteiger partial charge in [0.1, 0.15) is 23.4 Å². The summed E-state index contributed by atoms with van der Waals surface area (Å²) < 4.78 is 0. The van der Waals surface area contributed by atoms with E-state index in [2.05, 4.69) is 29.1 Å². The average Bonchev–Trinajstić information content (AvgIpc) is 2.84. The molecule has 2 heterocycles. The van der Waals surface area contributed by atoms with Crippen LogP contribution in [0, 0.1) is 22.7 Å². The summed E-state index contributed by atoms with van der Waals surface area (Å²) in [5, 5.41) is 21.9. The Labute approximate surface area is 117 Å². The normalized spacial score (nSPS) is 10.1. The maximum atomic E-state index is 8.77. The molecular weight excluding hydrogens is 250 g/mol. The van der Waals surface area contributed by atoms with Crippen LogP contribution in [0.15, 0.2) is 30.1 Å². The molecule has 5 heteroatoms. The van der Waals surface area contributed by atoms with E-state index in [4.69, 9.17) is 10.5 Å². The number of nitrogens with zero attached hydrogens (tertiary/aromatic N) is 3. The number of hydrogen-bond acceptors (Lipinski definition) is 4. The van der Waals surface area contributed by atoms with Crippen LogP contribution in [-0.2, 0) is 6.42 Å². The predicted molar refractivity (Wildman–Crippen MR) is 77.9 cm³/mol. The van der Waals surface area contributed by atoms with Gasteiger partial charge < -0.3 is 10.3 Å². The van der Waals surface area contributed by atoms with Crippen LogP contribution in [0.4, 0.5) is 5.69 Å².